The SMILES string of the molecule is NNc1cc(-c2ccccc2)n2nccc2n1. The third-order valence-electron chi connectivity index (χ3n) is 2.58. The van der Waals surface area contributed by atoms with E-state index in [2.05, 4.69) is 15.5 Å². The Morgan fingerprint density at radius 1 is 1.12 bits per heavy atom. The molecule has 2 aromatic heterocycles. The van der Waals surface area contributed by atoms with Gasteiger partial charge in [0.2, 0.25) is 0 Å². The number of rotatable bonds is 2. The van der Waals surface area contributed by atoms with E-state index in [0.717, 1.165) is 16.9 Å². The molecule has 0 amide bonds. The van der Waals surface area contributed by atoms with Crippen molar-refractivity contribution in [3.63, 3.8) is 0 Å². The van der Waals surface area contributed by atoms with Crippen LogP contribution in [0.4, 0.5) is 5.82 Å². The van der Waals surface area contributed by atoms with Crippen molar-refractivity contribution in [1.82, 2.24) is 14.6 Å². The number of fused-ring (bicyclic) bond motifs is 1. The lowest BCUT2D eigenvalue weighted by Gasteiger charge is -2.07. The minimum atomic E-state index is 0.622. The Morgan fingerprint density at radius 2 is 1.94 bits per heavy atom. The van der Waals surface area contributed by atoms with Crippen molar-refractivity contribution in [3.05, 3.63) is 48.7 Å². The van der Waals surface area contributed by atoms with Crippen LogP contribution in [-0.2, 0) is 0 Å². The number of nitrogens with one attached hydrogen (secondary N) is 1. The lowest BCUT2D eigenvalue weighted by molar-refractivity contribution is 0.947. The Balaban J connectivity index is 2.30. The average molecular weight is 225 g/mol. The summed E-state index contributed by atoms with van der Waals surface area (Å²) >= 11 is 0. The van der Waals surface area contributed by atoms with Gasteiger partial charge in [0.1, 0.15) is 5.82 Å². The van der Waals surface area contributed by atoms with Gasteiger partial charge in [0, 0.05) is 17.7 Å². The van der Waals surface area contributed by atoms with Crippen LogP contribution in [0.25, 0.3) is 16.9 Å². The van der Waals surface area contributed by atoms with Crippen LogP contribution in [0.2, 0.25) is 0 Å². The molecule has 0 fully saturated rings. The van der Waals surface area contributed by atoms with Crippen LogP contribution in [-0.4, -0.2) is 14.6 Å². The Bertz CT molecular complexity index is 644. The van der Waals surface area contributed by atoms with Crippen molar-refractivity contribution in [2.24, 2.45) is 5.84 Å². The highest BCUT2D eigenvalue weighted by Crippen LogP contribution is 2.21. The fourth-order valence-corrected chi connectivity index (χ4v) is 1.80. The Kier molecular flexibility index (Phi) is 2.23. The largest absolute Gasteiger partial charge is 0.308 e. The summed E-state index contributed by atoms with van der Waals surface area (Å²) in [6, 6.07) is 13.7. The zero-order chi connectivity index (χ0) is 11.7. The summed E-state index contributed by atoms with van der Waals surface area (Å²) in [6.07, 6.45) is 1.72. The third-order valence-corrected chi connectivity index (χ3v) is 2.58. The van der Waals surface area contributed by atoms with Gasteiger partial charge in [-0.3, -0.25) is 0 Å². The lowest BCUT2D eigenvalue weighted by Crippen LogP contribution is -2.10. The van der Waals surface area contributed by atoms with Gasteiger partial charge in [0.15, 0.2) is 5.65 Å². The highest BCUT2D eigenvalue weighted by Gasteiger charge is 2.07. The molecule has 0 aliphatic rings. The quantitative estimate of drug-likeness (QED) is 0.514. The fraction of sp³-hybridized carbons (Fsp3) is 0. The van der Waals surface area contributed by atoms with E-state index < -0.39 is 0 Å². The van der Waals surface area contributed by atoms with Gasteiger partial charge in [-0.1, -0.05) is 30.3 Å². The first-order chi connectivity index (χ1) is 8.38. The molecule has 0 bridgehead atoms. The minimum absolute atomic E-state index is 0.622. The summed E-state index contributed by atoms with van der Waals surface area (Å²) in [5, 5.41) is 4.26. The van der Waals surface area contributed by atoms with Crippen LogP contribution in [0, 0.1) is 0 Å². The summed E-state index contributed by atoms with van der Waals surface area (Å²) in [5.41, 5.74) is 5.35. The number of hydrogen-bond donors (Lipinski definition) is 2. The maximum atomic E-state index is 5.41. The molecule has 0 radical (unpaired) electrons. The van der Waals surface area contributed by atoms with Crippen LogP contribution in [0.3, 0.4) is 0 Å². The molecule has 0 saturated carbocycles. The first-order valence-electron chi connectivity index (χ1n) is 5.25. The van der Waals surface area contributed by atoms with Gasteiger partial charge >= 0.3 is 0 Å². The highest BCUT2D eigenvalue weighted by molar-refractivity contribution is 5.66. The molecular formula is C12H11N5. The summed E-state index contributed by atoms with van der Waals surface area (Å²) in [7, 11) is 0. The first kappa shape index (κ1) is 9.80. The van der Waals surface area contributed by atoms with Gasteiger partial charge in [-0.25, -0.2) is 15.3 Å². The van der Waals surface area contributed by atoms with Crippen LogP contribution in [0.15, 0.2) is 48.7 Å². The van der Waals surface area contributed by atoms with E-state index >= 15 is 0 Å². The Labute approximate surface area is 97.9 Å². The van der Waals surface area contributed by atoms with E-state index in [9.17, 15) is 0 Å². The summed E-state index contributed by atoms with van der Waals surface area (Å²) in [4.78, 5) is 4.30. The second-order valence-electron chi connectivity index (χ2n) is 3.64. The molecule has 5 nitrogen and oxygen atoms in total. The molecule has 0 aliphatic carbocycles. The molecule has 3 aromatic rings. The number of benzene rings is 1. The molecule has 0 saturated heterocycles. The van der Waals surface area contributed by atoms with Crippen molar-refractivity contribution in [2.75, 3.05) is 5.43 Å². The number of anilines is 1. The van der Waals surface area contributed by atoms with Crippen molar-refractivity contribution in [3.8, 4) is 11.3 Å². The van der Waals surface area contributed by atoms with Gasteiger partial charge in [0.25, 0.3) is 0 Å². The highest BCUT2D eigenvalue weighted by atomic mass is 15.3. The molecule has 0 atom stereocenters. The third kappa shape index (κ3) is 1.62. The van der Waals surface area contributed by atoms with Gasteiger partial charge in [-0.15, -0.1) is 0 Å². The molecule has 3 rings (SSSR count). The number of nitrogens with two attached hydrogens (primary N) is 1. The monoisotopic (exact) mass is 225 g/mol. The fourth-order valence-electron chi connectivity index (χ4n) is 1.80. The molecule has 2 heterocycles. The predicted octanol–water partition coefficient (Wildman–Crippen LogP) is 1.68. The average Bonchev–Trinajstić information content (AvgIpc) is 2.86. The summed E-state index contributed by atoms with van der Waals surface area (Å²) < 4.78 is 1.79. The van der Waals surface area contributed by atoms with Gasteiger partial charge in [0.05, 0.1) is 11.9 Å². The number of nitrogens with zero attached hydrogens (tertiary/aromatic N) is 3. The van der Waals surface area contributed by atoms with Gasteiger partial charge in [-0.2, -0.15) is 5.10 Å². The second kappa shape index (κ2) is 3.88. The van der Waals surface area contributed by atoms with Crippen molar-refractivity contribution in [2.45, 2.75) is 0 Å². The number of hydrazine groups is 1. The molecule has 1 aromatic carbocycles. The Hall–Kier alpha value is -2.40. The van der Waals surface area contributed by atoms with Crippen molar-refractivity contribution >= 4 is 11.5 Å². The van der Waals surface area contributed by atoms with E-state index in [1.54, 1.807) is 10.7 Å². The summed E-state index contributed by atoms with van der Waals surface area (Å²) in [6.45, 7) is 0. The minimum Gasteiger partial charge on any atom is -0.308 e. The molecule has 17 heavy (non-hydrogen) atoms. The van der Waals surface area contributed by atoms with Gasteiger partial charge < -0.3 is 5.43 Å². The van der Waals surface area contributed by atoms with E-state index in [1.165, 1.54) is 0 Å². The predicted molar refractivity (Wildman–Crippen MR) is 66.2 cm³/mol. The van der Waals surface area contributed by atoms with E-state index in [-0.39, 0.29) is 0 Å². The van der Waals surface area contributed by atoms with Crippen LogP contribution in [0.5, 0.6) is 0 Å². The molecule has 5 heteroatoms. The van der Waals surface area contributed by atoms with E-state index in [0.29, 0.717) is 5.82 Å². The summed E-state index contributed by atoms with van der Waals surface area (Å²) in [5.74, 6) is 6.04. The van der Waals surface area contributed by atoms with Crippen LogP contribution >= 0.6 is 0 Å². The van der Waals surface area contributed by atoms with E-state index in [1.807, 2.05) is 42.5 Å². The van der Waals surface area contributed by atoms with Crippen LogP contribution in [0.1, 0.15) is 0 Å². The van der Waals surface area contributed by atoms with Gasteiger partial charge in [-0.05, 0) is 0 Å². The molecule has 3 N–H and O–H groups in total. The zero-order valence-electron chi connectivity index (χ0n) is 9.04. The first-order valence-corrected chi connectivity index (χ1v) is 5.25. The topological polar surface area (TPSA) is 68.2 Å². The maximum absolute atomic E-state index is 5.41. The lowest BCUT2D eigenvalue weighted by atomic mass is 10.1. The Morgan fingerprint density at radius 3 is 2.71 bits per heavy atom. The van der Waals surface area contributed by atoms with Crippen molar-refractivity contribution < 1.29 is 0 Å². The number of nitrogen functional groups attached to an aromatic ring is 1. The second-order valence-corrected chi connectivity index (χ2v) is 3.64. The van der Waals surface area contributed by atoms with Crippen LogP contribution < -0.4 is 11.3 Å². The van der Waals surface area contributed by atoms with E-state index in [4.69, 9.17) is 5.84 Å². The number of hydrogen-bond acceptors (Lipinski definition) is 4. The van der Waals surface area contributed by atoms with Crippen molar-refractivity contribution in [1.29, 1.82) is 0 Å². The maximum Gasteiger partial charge on any atom is 0.158 e. The molecule has 0 spiro atoms. The zero-order valence-corrected chi connectivity index (χ0v) is 9.04. The molecule has 0 aliphatic heterocycles. The standard InChI is InChI=1S/C12H11N5/c13-16-11-8-10(9-4-2-1-3-5-9)17-12(15-11)6-7-14-17/h1-8H,13H2,(H,15,16). The number of aromatic nitrogens is 3. The normalized spacial score (nSPS) is 10.6. The molecular weight excluding hydrogens is 214 g/mol. The molecule has 0 unspecified atom stereocenters. The smallest absolute Gasteiger partial charge is 0.158 e. The molecule has 84 valence electrons.